The fraction of sp³-hybridized carbons (Fsp3) is 0.167. The summed E-state index contributed by atoms with van der Waals surface area (Å²) in [4.78, 5) is 16.7. The highest BCUT2D eigenvalue weighted by atomic mass is 35.5. The Morgan fingerprint density at radius 1 is 1.07 bits per heavy atom. The molecule has 0 aliphatic heterocycles. The molecular weight excluding hydrogens is 384 g/mol. The highest BCUT2D eigenvalue weighted by Gasteiger charge is 2.14. The molecule has 3 aromatic carbocycles. The number of amides is 1. The Kier molecular flexibility index (Phi) is 5.63. The molecule has 4 aromatic rings. The summed E-state index contributed by atoms with van der Waals surface area (Å²) in [6.07, 6.45) is 2.38. The molecule has 146 valence electrons. The number of hydrogen-bond donors (Lipinski definition) is 1. The van der Waals surface area contributed by atoms with Gasteiger partial charge in [0.05, 0.1) is 17.3 Å². The third-order valence-electron chi connectivity index (χ3n) is 4.93. The summed E-state index contributed by atoms with van der Waals surface area (Å²) in [6.45, 7) is 2.00. The molecule has 0 saturated heterocycles. The third kappa shape index (κ3) is 4.33. The predicted molar refractivity (Wildman–Crippen MR) is 116 cm³/mol. The van der Waals surface area contributed by atoms with E-state index in [-0.39, 0.29) is 11.9 Å². The third-order valence-corrected chi connectivity index (χ3v) is 5.26. The first kappa shape index (κ1) is 19.2. The Morgan fingerprint density at radius 3 is 2.69 bits per heavy atom. The molecule has 1 heterocycles. The lowest BCUT2D eigenvalue weighted by Crippen LogP contribution is -2.27. The molecule has 1 amide bonds. The highest BCUT2D eigenvalue weighted by molar-refractivity contribution is 6.33. The molecule has 4 nitrogen and oxygen atoms in total. The van der Waals surface area contributed by atoms with Gasteiger partial charge in [-0.2, -0.15) is 0 Å². The van der Waals surface area contributed by atoms with Gasteiger partial charge in [0.2, 0.25) is 5.91 Å². The van der Waals surface area contributed by atoms with Crippen LogP contribution in [-0.4, -0.2) is 10.9 Å². The molecule has 29 heavy (non-hydrogen) atoms. The first-order valence-electron chi connectivity index (χ1n) is 9.58. The normalized spacial score (nSPS) is 12.1. The standard InChI is InChI=1S/C24H21ClN2O2/c1-16(18-11-6-8-17-7-2-3-9-19(17)18)27-23(28)13-14-24-26-15-22(29-24)20-10-4-5-12-21(20)25/h2-12,15-16H,13-14H2,1H3,(H,27,28). The highest BCUT2D eigenvalue weighted by Crippen LogP contribution is 2.28. The quantitative estimate of drug-likeness (QED) is 0.431. The van der Waals surface area contributed by atoms with Gasteiger partial charge in [0, 0.05) is 18.4 Å². The van der Waals surface area contributed by atoms with Gasteiger partial charge in [0.1, 0.15) is 0 Å². The Hall–Kier alpha value is -3.11. The summed E-state index contributed by atoms with van der Waals surface area (Å²) in [7, 11) is 0. The van der Waals surface area contributed by atoms with Crippen LogP contribution in [0.4, 0.5) is 0 Å². The van der Waals surface area contributed by atoms with Gasteiger partial charge in [0.25, 0.3) is 0 Å². The Labute approximate surface area is 174 Å². The topological polar surface area (TPSA) is 55.1 Å². The van der Waals surface area contributed by atoms with Crippen LogP contribution in [0.15, 0.2) is 77.3 Å². The minimum absolute atomic E-state index is 0.0390. The average molecular weight is 405 g/mol. The average Bonchev–Trinajstić information content (AvgIpc) is 3.21. The first-order valence-corrected chi connectivity index (χ1v) is 9.96. The summed E-state index contributed by atoms with van der Waals surface area (Å²) in [5, 5.41) is 6.00. The lowest BCUT2D eigenvalue weighted by atomic mass is 9.99. The number of fused-ring (bicyclic) bond motifs is 1. The number of aryl methyl sites for hydroxylation is 1. The molecule has 0 radical (unpaired) electrons. The minimum Gasteiger partial charge on any atom is -0.441 e. The van der Waals surface area contributed by atoms with Crippen LogP contribution in [0.1, 0.15) is 30.8 Å². The van der Waals surface area contributed by atoms with Gasteiger partial charge in [-0.25, -0.2) is 4.98 Å². The number of halogens is 1. The molecule has 0 bridgehead atoms. The zero-order valence-electron chi connectivity index (χ0n) is 16.1. The van der Waals surface area contributed by atoms with E-state index in [0.29, 0.717) is 29.5 Å². The van der Waals surface area contributed by atoms with Crippen LogP contribution in [-0.2, 0) is 11.2 Å². The van der Waals surface area contributed by atoms with Crippen molar-refractivity contribution < 1.29 is 9.21 Å². The molecule has 0 fully saturated rings. The number of hydrogen-bond acceptors (Lipinski definition) is 3. The number of carbonyl (C=O) groups excluding carboxylic acids is 1. The van der Waals surface area contributed by atoms with Crippen molar-refractivity contribution >= 4 is 28.3 Å². The van der Waals surface area contributed by atoms with Crippen molar-refractivity contribution in [3.8, 4) is 11.3 Å². The number of benzene rings is 3. The summed E-state index contributed by atoms with van der Waals surface area (Å²) in [6, 6.07) is 21.7. The number of carbonyl (C=O) groups is 1. The van der Waals surface area contributed by atoms with Crippen LogP contribution in [0.2, 0.25) is 5.02 Å². The monoisotopic (exact) mass is 404 g/mol. The molecule has 0 saturated carbocycles. The fourth-order valence-electron chi connectivity index (χ4n) is 3.45. The number of rotatable bonds is 6. The van der Waals surface area contributed by atoms with Crippen molar-refractivity contribution in [2.45, 2.75) is 25.8 Å². The maximum Gasteiger partial charge on any atom is 0.220 e. The smallest absolute Gasteiger partial charge is 0.220 e. The van der Waals surface area contributed by atoms with Crippen LogP contribution in [0.5, 0.6) is 0 Å². The zero-order chi connectivity index (χ0) is 20.2. The van der Waals surface area contributed by atoms with Crippen molar-refractivity contribution in [1.29, 1.82) is 0 Å². The van der Waals surface area contributed by atoms with E-state index in [1.54, 1.807) is 12.3 Å². The molecule has 1 atom stereocenters. The number of nitrogens with zero attached hydrogens (tertiary/aromatic N) is 1. The Morgan fingerprint density at radius 2 is 1.83 bits per heavy atom. The van der Waals surface area contributed by atoms with E-state index < -0.39 is 0 Å². The van der Waals surface area contributed by atoms with Crippen molar-refractivity contribution in [3.05, 3.63) is 89.4 Å². The van der Waals surface area contributed by atoms with Gasteiger partial charge in [-0.1, -0.05) is 66.2 Å². The van der Waals surface area contributed by atoms with Gasteiger partial charge in [-0.15, -0.1) is 0 Å². The summed E-state index contributed by atoms with van der Waals surface area (Å²) in [5.41, 5.74) is 1.90. The van der Waals surface area contributed by atoms with E-state index in [0.717, 1.165) is 21.9 Å². The molecule has 4 rings (SSSR count). The largest absolute Gasteiger partial charge is 0.441 e. The van der Waals surface area contributed by atoms with Gasteiger partial charge in [-0.3, -0.25) is 4.79 Å². The molecule has 1 aromatic heterocycles. The van der Waals surface area contributed by atoms with Crippen LogP contribution >= 0.6 is 11.6 Å². The number of oxazole rings is 1. The second-order valence-corrected chi connectivity index (χ2v) is 7.36. The first-order chi connectivity index (χ1) is 14.1. The van der Waals surface area contributed by atoms with Crippen LogP contribution in [0.3, 0.4) is 0 Å². The van der Waals surface area contributed by atoms with Crippen molar-refractivity contribution in [2.75, 3.05) is 0 Å². The van der Waals surface area contributed by atoms with E-state index in [4.69, 9.17) is 16.0 Å². The Bertz CT molecular complexity index is 1150. The summed E-state index contributed by atoms with van der Waals surface area (Å²) >= 11 is 6.20. The fourth-order valence-corrected chi connectivity index (χ4v) is 3.68. The maximum atomic E-state index is 12.5. The van der Waals surface area contributed by atoms with Crippen molar-refractivity contribution in [3.63, 3.8) is 0 Å². The van der Waals surface area contributed by atoms with E-state index in [1.165, 1.54) is 0 Å². The lowest BCUT2D eigenvalue weighted by molar-refractivity contribution is -0.121. The SMILES string of the molecule is CC(NC(=O)CCc1ncc(-c2ccccc2Cl)o1)c1cccc2ccccc12. The summed E-state index contributed by atoms with van der Waals surface area (Å²) < 4.78 is 5.77. The van der Waals surface area contributed by atoms with E-state index in [1.807, 2.05) is 43.3 Å². The minimum atomic E-state index is -0.0863. The van der Waals surface area contributed by atoms with E-state index in [2.05, 4.69) is 34.6 Å². The van der Waals surface area contributed by atoms with Crippen molar-refractivity contribution in [1.82, 2.24) is 10.3 Å². The van der Waals surface area contributed by atoms with Gasteiger partial charge < -0.3 is 9.73 Å². The second-order valence-electron chi connectivity index (χ2n) is 6.96. The zero-order valence-corrected chi connectivity index (χ0v) is 16.8. The number of aromatic nitrogens is 1. The van der Waals surface area contributed by atoms with Crippen LogP contribution in [0, 0.1) is 0 Å². The molecule has 0 aliphatic rings. The molecule has 5 heteroatoms. The van der Waals surface area contributed by atoms with Crippen LogP contribution in [0.25, 0.3) is 22.1 Å². The Balaban J connectivity index is 1.39. The molecule has 1 unspecified atom stereocenters. The van der Waals surface area contributed by atoms with Gasteiger partial charge >= 0.3 is 0 Å². The predicted octanol–water partition coefficient (Wildman–Crippen LogP) is 5.96. The summed E-state index contributed by atoms with van der Waals surface area (Å²) in [5.74, 6) is 1.09. The molecular formula is C24H21ClN2O2. The van der Waals surface area contributed by atoms with E-state index >= 15 is 0 Å². The van der Waals surface area contributed by atoms with Crippen molar-refractivity contribution in [2.24, 2.45) is 0 Å². The molecule has 0 aliphatic carbocycles. The second kappa shape index (κ2) is 8.50. The molecule has 0 spiro atoms. The van der Waals surface area contributed by atoms with E-state index in [9.17, 15) is 4.79 Å². The molecule has 1 N–H and O–H groups in total. The maximum absolute atomic E-state index is 12.5. The van der Waals surface area contributed by atoms with Crippen LogP contribution < -0.4 is 5.32 Å². The van der Waals surface area contributed by atoms with Gasteiger partial charge in [0.15, 0.2) is 11.7 Å². The van der Waals surface area contributed by atoms with Gasteiger partial charge in [-0.05, 0) is 35.4 Å². The lowest BCUT2D eigenvalue weighted by Gasteiger charge is -2.16. The number of nitrogens with one attached hydrogen (secondary N) is 1.